The molecule has 0 aliphatic rings. The van der Waals surface area contributed by atoms with Crippen LogP contribution >= 0.6 is 0 Å². The first-order chi connectivity index (χ1) is 16.4. The van der Waals surface area contributed by atoms with Crippen molar-refractivity contribution in [3.8, 4) is 0 Å². The van der Waals surface area contributed by atoms with Gasteiger partial charge >= 0.3 is 0 Å². The van der Waals surface area contributed by atoms with Crippen molar-refractivity contribution in [1.29, 1.82) is 0 Å². The van der Waals surface area contributed by atoms with Gasteiger partial charge in [0, 0.05) is 42.6 Å². The van der Waals surface area contributed by atoms with Crippen LogP contribution in [0.3, 0.4) is 0 Å². The Balaban J connectivity index is 1.54. The van der Waals surface area contributed by atoms with Gasteiger partial charge in [0.2, 0.25) is 11.8 Å². The summed E-state index contributed by atoms with van der Waals surface area (Å²) in [6, 6.07) is 23.9. The van der Waals surface area contributed by atoms with E-state index in [9.17, 15) is 14.4 Å². The number of hydrogen-bond donors (Lipinski definition) is 3. The van der Waals surface area contributed by atoms with E-state index in [2.05, 4.69) is 16.0 Å². The summed E-state index contributed by atoms with van der Waals surface area (Å²) in [5.74, 6) is -0.413. The van der Waals surface area contributed by atoms with Gasteiger partial charge in [0.15, 0.2) is 0 Å². The van der Waals surface area contributed by atoms with Crippen molar-refractivity contribution in [2.24, 2.45) is 0 Å². The Bertz CT molecular complexity index is 1130. The van der Waals surface area contributed by atoms with Crippen molar-refractivity contribution in [2.75, 3.05) is 29.5 Å². The maximum absolute atomic E-state index is 12.8. The second-order valence-electron chi connectivity index (χ2n) is 8.01. The van der Waals surface area contributed by atoms with Gasteiger partial charge in [-0.1, -0.05) is 49.4 Å². The third-order valence-corrected chi connectivity index (χ3v) is 5.08. The van der Waals surface area contributed by atoms with E-state index in [0.29, 0.717) is 29.9 Å². The Labute approximate surface area is 200 Å². The van der Waals surface area contributed by atoms with E-state index in [1.807, 2.05) is 49.4 Å². The molecular weight excluding hydrogens is 428 g/mol. The van der Waals surface area contributed by atoms with Crippen LogP contribution in [-0.4, -0.2) is 36.2 Å². The van der Waals surface area contributed by atoms with Gasteiger partial charge in [-0.25, -0.2) is 0 Å². The van der Waals surface area contributed by atoms with E-state index >= 15 is 0 Å². The van der Waals surface area contributed by atoms with Gasteiger partial charge in [0.05, 0.1) is 6.54 Å². The average Bonchev–Trinajstić information content (AvgIpc) is 2.83. The Hall–Kier alpha value is -4.13. The first-order valence-electron chi connectivity index (χ1n) is 11.3. The molecule has 0 aliphatic heterocycles. The predicted molar refractivity (Wildman–Crippen MR) is 136 cm³/mol. The quantitative estimate of drug-likeness (QED) is 0.409. The molecule has 176 valence electrons. The molecule has 7 nitrogen and oxygen atoms in total. The SMILES string of the molecule is CCCC(=O)Nc1cccc(NCC(=O)Nc2cccc(C(=O)N(C)Cc3ccccc3)c2)c1. The molecule has 7 heteroatoms. The molecule has 0 saturated heterocycles. The van der Waals surface area contributed by atoms with Gasteiger partial charge < -0.3 is 20.9 Å². The summed E-state index contributed by atoms with van der Waals surface area (Å²) in [7, 11) is 1.75. The number of anilines is 3. The Kier molecular flexibility index (Phi) is 8.80. The fourth-order valence-electron chi connectivity index (χ4n) is 3.42. The first kappa shape index (κ1) is 24.5. The molecule has 34 heavy (non-hydrogen) atoms. The van der Waals surface area contributed by atoms with Crippen molar-refractivity contribution < 1.29 is 14.4 Å². The van der Waals surface area contributed by atoms with Crippen molar-refractivity contribution in [2.45, 2.75) is 26.3 Å². The molecule has 3 amide bonds. The van der Waals surface area contributed by atoms with Crippen molar-refractivity contribution in [1.82, 2.24) is 4.90 Å². The van der Waals surface area contributed by atoms with Crippen LogP contribution in [0.5, 0.6) is 0 Å². The zero-order valence-electron chi connectivity index (χ0n) is 19.5. The van der Waals surface area contributed by atoms with Crippen LogP contribution < -0.4 is 16.0 Å². The maximum atomic E-state index is 12.8. The minimum Gasteiger partial charge on any atom is -0.376 e. The average molecular weight is 459 g/mol. The van der Waals surface area contributed by atoms with E-state index in [1.165, 1.54) is 0 Å². The fraction of sp³-hybridized carbons (Fsp3) is 0.222. The largest absolute Gasteiger partial charge is 0.376 e. The van der Waals surface area contributed by atoms with E-state index in [4.69, 9.17) is 0 Å². The molecule has 0 atom stereocenters. The highest BCUT2D eigenvalue weighted by Gasteiger charge is 2.13. The van der Waals surface area contributed by atoms with Crippen LogP contribution in [0.1, 0.15) is 35.7 Å². The summed E-state index contributed by atoms with van der Waals surface area (Å²) in [5, 5.41) is 8.71. The highest BCUT2D eigenvalue weighted by atomic mass is 16.2. The zero-order valence-corrected chi connectivity index (χ0v) is 19.5. The Morgan fingerprint density at radius 1 is 0.765 bits per heavy atom. The lowest BCUT2D eigenvalue weighted by molar-refractivity contribution is -0.116. The lowest BCUT2D eigenvalue weighted by Crippen LogP contribution is -2.26. The van der Waals surface area contributed by atoms with E-state index in [-0.39, 0.29) is 24.3 Å². The van der Waals surface area contributed by atoms with Crippen LogP contribution in [0.2, 0.25) is 0 Å². The van der Waals surface area contributed by atoms with Gasteiger partial charge in [-0.15, -0.1) is 0 Å². The summed E-state index contributed by atoms with van der Waals surface area (Å²) in [6.07, 6.45) is 1.24. The van der Waals surface area contributed by atoms with Crippen molar-refractivity contribution in [3.63, 3.8) is 0 Å². The molecular formula is C27H30N4O3. The molecule has 3 rings (SSSR count). The monoisotopic (exact) mass is 458 g/mol. The normalized spacial score (nSPS) is 10.3. The molecule has 0 radical (unpaired) electrons. The van der Waals surface area contributed by atoms with Crippen molar-refractivity contribution in [3.05, 3.63) is 90.0 Å². The number of rotatable bonds is 10. The van der Waals surface area contributed by atoms with Crippen LogP contribution in [-0.2, 0) is 16.1 Å². The standard InChI is InChI=1S/C27H30N4O3/c1-3-9-25(32)29-24-15-8-13-22(17-24)28-18-26(33)30-23-14-7-12-21(16-23)27(34)31(2)19-20-10-5-4-6-11-20/h4-8,10-17,28H,3,9,18-19H2,1-2H3,(H,29,32)(H,30,33). The van der Waals surface area contributed by atoms with Crippen LogP contribution in [0.15, 0.2) is 78.9 Å². The number of nitrogens with one attached hydrogen (secondary N) is 3. The smallest absolute Gasteiger partial charge is 0.253 e. The van der Waals surface area contributed by atoms with Gasteiger partial charge in [0.1, 0.15) is 0 Å². The van der Waals surface area contributed by atoms with Crippen LogP contribution in [0.25, 0.3) is 0 Å². The Morgan fingerprint density at radius 2 is 1.41 bits per heavy atom. The third kappa shape index (κ3) is 7.48. The summed E-state index contributed by atoms with van der Waals surface area (Å²) in [4.78, 5) is 38.7. The number of carbonyl (C=O) groups is 3. The first-order valence-corrected chi connectivity index (χ1v) is 11.3. The number of amides is 3. The van der Waals surface area contributed by atoms with Crippen LogP contribution in [0, 0.1) is 0 Å². The summed E-state index contributed by atoms with van der Waals surface area (Å²) in [6.45, 7) is 2.49. The summed E-state index contributed by atoms with van der Waals surface area (Å²) in [5.41, 5.74) is 3.49. The molecule has 0 bridgehead atoms. The second-order valence-corrected chi connectivity index (χ2v) is 8.01. The summed E-state index contributed by atoms with van der Waals surface area (Å²) >= 11 is 0. The molecule has 0 saturated carbocycles. The minimum atomic E-state index is -0.248. The van der Waals surface area contributed by atoms with Crippen LogP contribution in [0.4, 0.5) is 17.1 Å². The third-order valence-electron chi connectivity index (χ3n) is 5.08. The molecule has 3 aromatic carbocycles. The molecule has 0 spiro atoms. The molecule has 0 aliphatic carbocycles. The molecule has 3 aromatic rings. The van der Waals surface area contributed by atoms with Gasteiger partial charge in [0.25, 0.3) is 5.91 Å². The topological polar surface area (TPSA) is 90.5 Å². The second kappa shape index (κ2) is 12.2. The minimum absolute atomic E-state index is 0.0401. The van der Waals surface area contributed by atoms with E-state index in [0.717, 1.165) is 17.7 Å². The van der Waals surface area contributed by atoms with Gasteiger partial charge in [-0.05, 0) is 48.4 Å². The highest BCUT2D eigenvalue weighted by molar-refractivity contribution is 5.98. The number of carbonyl (C=O) groups excluding carboxylic acids is 3. The predicted octanol–water partition coefficient (Wildman–Crippen LogP) is 4.75. The zero-order chi connectivity index (χ0) is 24.3. The molecule has 3 N–H and O–H groups in total. The van der Waals surface area contributed by atoms with Gasteiger partial charge in [-0.2, -0.15) is 0 Å². The lowest BCUT2D eigenvalue weighted by Gasteiger charge is -2.18. The van der Waals surface area contributed by atoms with Gasteiger partial charge in [-0.3, -0.25) is 14.4 Å². The molecule has 0 heterocycles. The lowest BCUT2D eigenvalue weighted by atomic mass is 10.1. The highest BCUT2D eigenvalue weighted by Crippen LogP contribution is 2.16. The summed E-state index contributed by atoms with van der Waals surface area (Å²) < 4.78 is 0. The number of benzene rings is 3. The molecule has 0 fully saturated rings. The maximum Gasteiger partial charge on any atom is 0.253 e. The number of hydrogen-bond acceptors (Lipinski definition) is 4. The Morgan fingerprint density at radius 3 is 2.15 bits per heavy atom. The number of nitrogens with zero attached hydrogens (tertiary/aromatic N) is 1. The molecule has 0 aromatic heterocycles. The van der Waals surface area contributed by atoms with E-state index < -0.39 is 0 Å². The van der Waals surface area contributed by atoms with E-state index in [1.54, 1.807) is 48.3 Å². The fourth-order valence-corrected chi connectivity index (χ4v) is 3.42. The van der Waals surface area contributed by atoms with Crippen molar-refractivity contribution >= 4 is 34.8 Å². The molecule has 0 unspecified atom stereocenters.